The topological polar surface area (TPSA) is 58.6 Å². The van der Waals surface area contributed by atoms with E-state index in [0.717, 1.165) is 11.1 Å². The number of hydrogen-bond acceptors (Lipinski definition) is 3. The Labute approximate surface area is 140 Å². The van der Waals surface area contributed by atoms with Crippen molar-refractivity contribution in [2.75, 3.05) is 0 Å². The van der Waals surface area contributed by atoms with Crippen LogP contribution in [0, 0.1) is 0 Å². The predicted molar refractivity (Wildman–Crippen MR) is 89.7 cm³/mol. The van der Waals surface area contributed by atoms with Crippen molar-refractivity contribution in [3.8, 4) is 0 Å². The third-order valence-electron chi connectivity index (χ3n) is 3.79. The first-order chi connectivity index (χ1) is 11.7. The molecule has 0 fully saturated rings. The van der Waals surface area contributed by atoms with Gasteiger partial charge >= 0.3 is 6.09 Å². The highest BCUT2D eigenvalue weighted by Crippen LogP contribution is 2.15. The van der Waals surface area contributed by atoms with Gasteiger partial charge in [0.1, 0.15) is 12.6 Å². The fourth-order valence-electron chi connectivity index (χ4n) is 2.54. The second-order valence-corrected chi connectivity index (χ2v) is 5.48. The van der Waals surface area contributed by atoms with Crippen LogP contribution in [-0.2, 0) is 22.6 Å². The Morgan fingerprint density at radius 3 is 2.29 bits per heavy atom. The molecule has 0 radical (unpaired) electrons. The van der Waals surface area contributed by atoms with Crippen molar-refractivity contribution in [2.45, 2.75) is 19.1 Å². The molecule has 5 nitrogen and oxygen atoms in total. The number of nitrogens with one attached hydrogen (secondary N) is 1. The zero-order chi connectivity index (χ0) is 16.8. The van der Waals surface area contributed by atoms with E-state index >= 15 is 0 Å². The lowest BCUT2D eigenvalue weighted by Crippen LogP contribution is -2.50. The summed E-state index contributed by atoms with van der Waals surface area (Å²) in [7, 11) is 0. The highest BCUT2D eigenvalue weighted by atomic mass is 16.6. The Balaban J connectivity index is 1.69. The highest BCUT2D eigenvalue weighted by Gasteiger charge is 2.31. The van der Waals surface area contributed by atoms with E-state index in [1.54, 1.807) is 6.20 Å². The van der Waals surface area contributed by atoms with E-state index in [4.69, 9.17) is 4.74 Å². The molecule has 2 aromatic rings. The zero-order valence-electron chi connectivity index (χ0n) is 13.1. The third kappa shape index (κ3) is 3.81. The molecule has 1 heterocycles. The molecule has 0 bridgehead atoms. The molecule has 0 spiro atoms. The molecule has 0 aliphatic carbocycles. The van der Waals surface area contributed by atoms with E-state index in [1.807, 2.05) is 60.7 Å². The molecule has 1 atom stereocenters. The van der Waals surface area contributed by atoms with Gasteiger partial charge in [-0.15, -0.1) is 0 Å². The minimum absolute atomic E-state index is 0.170. The fourth-order valence-corrected chi connectivity index (χ4v) is 2.54. The number of rotatable bonds is 4. The normalized spacial score (nSPS) is 16.6. The van der Waals surface area contributed by atoms with Crippen LogP contribution >= 0.6 is 0 Å². The maximum atomic E-state index is 12.4. The number of nitrogens with zero attached hydrogens (tertiary/aromatic N) is 1. The number of benzene rings is 2. The lowest BCUT2D eigenvalue weighted by atomic mass is 10.0. The average Bonchev–Trinajstić information content (AvgIpc) is 2.63. The molecule has 1 aliphatic heterocycles. The first-order valence-electron chi connectivity index (χ1n) is 7.74. The molecule has 2 aromatic carbocycles. The van der Waals surface area contributed by atoms with Crippen molar-refractivity contribution in [3.05, 3.63) is 84.2 Å². The summed E-state index contributed by atoms with van der Waals surface area (Å²) in [5, 5.41) is 2.64. The van der Waals surface area contributed by atoms with Crippen LogP contribution in [0.4, 0.5) is 4.79 Å². The second kappa shape index (κ2) is 7.46. The summed E-state index contributed by atoms with van der Waals surface area (Å²) in [4.78, 5) is 25.9. The van der Waals surface area contributed by atoms with Crippen LogP contribution in [0.25, 0.3) is 0 Å². The van der Waals surface area contributed by atoms with Crippen LogP contribution in [0.15, 0.2) is 73.1 Å². The SMILES string of the molecule is O=C1NC=CN(C(=O)OCc2ccccc2)C1Cc1ccccc1. The van der Waals surface area contributed by atoms with Crippen molar-refractivity contribution in [1.29, 1.82) is 0 Å². The smallest absolute Gasteiger partial charge is 0.414 e. The maximum Gasteiger partial charge on any atom is 0.414 e. The molecular weight excluding hydrogens is 304 g/mol. The van der Waals surface area contributed by atoms with Crippen LogP contribution in [0.5, 0.6) is 0 Å². The zero-order valence-corrected chi connectivity index (χ0v) is 13.1. The van der Waals surface area contributed by atoms with Gasteiger partial charge in [-0.1, -0.05) is 60.7 Å². The summed E-state index contributed by atoms with van der Waals surface area (Å²) < 4.78 is 5.34. The van der Waals surface area contributed by atoms with E-state index in [1.165, 1.54) is 11.1 Å². The molecule has 0 saturated heterocycles. The van der Waals surface area contributed by atoms with Gasteiger partial charge in [0.25, 0.3) is 0 Å². The summed E-state index contributed by atoms with van der Waals surface area (Å²) in [5.74, 6) is -0.224. The molecule has 1 N–H and O–H groups in total. The van der Waals surface area contributed by atoms with Gasteiger partial charge in [0.05, 0.1) is 0 Å². The molecular formula is C19H18N2O3. The van der Waals surface area contributed by atoms with Crippen LogP contribution in [-0.4, -0.2) is 22.9 Å². The second-order valence-electron chi connectivity index (χ2n) is 5.48. The molecule has 3 rings (SSSR count). The van der Waals surface area contributed by atoms with Crippen LogP contribution in [0.3, 0.4) is 0 Å². The number of carbonyl (C=O) groups is 2. The van der Waals surface area contributed by atoms with E-state index in [2.05, 4.69) is 5.32 Å². The number of amides is 2. The minimum Gasteiger partial charge on any atom is -0.444 e. The van der Waals surface area contributed by atoms with Crippen LogP contribution < -0.4 is 5.32 Å². The minimum atomic E-state index is -0.624. The molecule has 24 heavy (non-hydrogen) atoms. The number of ether oxygens (including phenoxy) is 1. The highest BCUT2D eigenvalue weighted by molar-refractivity contribution is 5.88. The van der Waals surface area contributed by atoms with E-state index in [0.29, 0.717) is 6.42 Å². The van der Waals surface area contributed by atoms with Crippen molar-refractivity contribution in [1.82, 2.24) is 10.2 Å². The Kier molecular flexibility index (Phi) is 4.91. The van der Waals surface area contributed by atoms with Gasteiger partial charge in [0.15, 0.2) is 0 Å². The van der Waals surface area contributed by atoms with E-state index in [9.17, 15) is 9.59 Å². The molecule has 1 aliphatic rings. The van der Waals surface area contributed by atoms with Gasteiger partial charge in [-0.2, -0.15) is 0 Å². The molecule has 1 unspecified atom stereocenters. The lowest BCUT2D eigenvalue weighted by Gasteiger charge is -2.29. The Hall–Kier alpha value is -3.08. The average molecular weight is 322 g/mol. The molecule has 0 saturated carbocycles. The quantitative estimate of drug-likeness (QED) is 0.941. The van der Waals surface area contributed by atoms with Gasteiger partial charge in [-0.25, -0.2) is 4.79 Å². The van der Waals surface area contributed by atoms with Crippen LogP contribution in [0.1, 0.15) is 11.1 Å². The van der Waals surface area contributed by atoms with Crippen LogP contribution in [0.2, 0.25) is 0 Å². The molecule has 0 aromatic heterocycles. The first kappa shape index (κ1) is 15.8. The summed E-state index contributed by atoms with van der Waals surface area (Å²) in [6, 6.07) is 18.4. The molecule has 2 amide bonds. The fraction of sp³-hybridized carbons (Fsp3) is 0.158. The van der Waals surface area contributed by atoms with Crippen molar-refractivity contribution >= 4 is 12.0 Å². The van der Waals surface area contributed by atoms with Crippen molar-refractivity contribution in [2.24, 2.45) is 0 Å². The summed E-state index contributed by atoms with van der Waals surface area (Å²) in [6.07, 6.45) is 2.89. The summed E-state index contributed by atoms with van der Waals surface area (Å²) in [6.45, 7) is 0.170. The van der Waals surface area contributed by atoms with Gasteiger partial charge in [0.2, 0.25) is 5.91 Å². The van der Waals surface area contributed by atoms with Gasteiger partial charge < -0.3 is 10.1 Å². The Bertz CT molecular complexity index is 729. The Morgan fingerprint density at radius 1 is 1.00 bits per heavy atom. The van der Waals surface area contributed by atoms with Crippen molar-refractivity contribution < 1.29 is 14.3 Å². The lowest BCUT2D eigenvalue weighted by molar-refractivity contribution is -0.125. The standard InChI is InChI=1S/C19H18N2O3/c22-18-17(13-15-7-3-1-4-8-15)21(12-11-20-18)19(23)24-14-16-9-5-2-6-10-16/h1-12,17H,13-14H2,(H,20,22). The van der Waals surface area contributed by atoms with Gasteiger partial charge in [0, 0.05) is 18.8 Å². The molecule has 122 valence electrons. The number of carbonyl (C=O) groups excluding carboxylic acids is 2. The monoisotopic (exact) mass is 322 g/mol. The number of hydrogen-bond donors (Lipinski definition) is 1. The largest absolute Gasteiger partial charge is 0.444 e. The summed E-state index contributed by atoms with van der Waals surface area (Å²) in [5.41, 5.74) is 1.88. The van der Waals surface area contributed by atoms with Gasteiger partial charge in [-0.3, -0.25) is 9.69 Å². The molecule has 5 heteroatoms. The van der Waals surface area contributed by atoms with Crippen molar-refractivity contribution in [3.63, 3.8) is 0 Å². The maximum absolute atomic E-state index is 12.4. The van der Waals surface area contributed by atoms with E-state index < -0.39 is 12.1 Å². The first-order valence-corrected chi connectivity index (χ1v) is 7.74. The third-order valence-corrected chi connectivity index (χ3v) is 3.79. The van der Waals surface area contributed by atoms with E-state index in [-0.39, 0.29) is 12.5 Å². The predicted octanol–water partition coefficient (Wildman–Crippen LogP) is 2.84. The summed E-state index contributed by atoms with van der Waals surface area (Å²) >= 11 is 0. The van der Waals surface area contributed by atoms with Gasteiger partial charge in [-0.05, 0) is 11.1 Å². The Morgan fingerprint density at radius 2 is 1.62 bits per heavy atom.